The van der Waals surface area contributed by atoms with E-state index in [2.05, 4.69) is 5.32 Å². The second-order valence-corrected chi connectivity index (χ2v) is 7.00. The highest BCUT2D eigenvalue weighted by molar-refractivity contribution is 5.74. The lowest BCUT2D eigenvalue weighted by Gasteiger charge is -2.56. The molecule has 5 heteroatoms. The van der Waals surface area contributed by atoms with E-state index in [9.17, 15) is 9.90 Å². The second-order valence-electron chi connectivity index (χ2n) is 7.00. The summed E-state index contributed by atoms with van der Waals surface area (Å²) >= 11 is 0. The van der Waals surface area contributed by atoms with E-state index in [0.717, 1.165) is 24.8 Å². The lowest BCUT2D eigenvalue weighted by Crippen LogP contribution is -2.63. The maximum Gasteiger partial charge on any atom is 0.317 e. The lowest BCUT2D eigenvalue weighted by molar-refractivity contribution is -0.207. The third-order valence-corrected chi connectivity index (χ3v) is 5.73. The van der Waals surface area contributed by atoms with Crippen LogP contribution < -0.4 is 5.32 Å². The van der Waals surface area contributed by atoms with Crippen LogP contribution in [0.5, 0.6) is 0 Å². The number of aliphatic hydroxyl groups excluding tert-OH is 1. The van der Waals surface area contributed by atoms with Gasteiger partial charge in [-0.2, -0.15) is 0 Å². The number of amides is 2. The van der Waals surface area contributed by atoms with Gasteiger partial charge in [-0.25, -0.2) is 4.79 Å². The summed E-state index contributed by atoms with van der Waals surface area (Å²) < 4.78 is 5.78. The van der Waals surface area contributed by atoms with Crippen LogP contribution in [-0.2, 0) is 4.74 Å². The Morgan fingerprint density at radius 2 is 2.04 bits per heavy atom. The van der Waals surface area contributed by atoms with Crippen molar-refractivity contribution in [3.63, 3.8) is 0 Å². The van der Waals surface area contributed by atoms with Crippen molar-refractivity contribution < 1.29 is 14.6 Å². The molecule has 2 amide bonds. The van der Waals surface area contributed by atoms with Crippen LogP contribution in [0.15, 0.2) is 30.3 Å². The summed E-state index contributed by atoms with van der Waals surface area (Å²) in [6, 6.07) is 9.94. The molecule has 24 heavy (non-hydrogen) atoms. The standard InChI is InChI=1S/C19H28N2O3/c1-3-24-17-13-16(22)19(17)9-11-21(12-10-19)18(23)20-14(2)15-7-5-4-6-8-15/h4-8,14,16-17,22H,3,9-13H2,1-2H3,(H,20,23)/t14-,16+,17+/m1/s1. The first-order valence-electron chi connectivity index (χ1n) is 8.97. The molecule has 0 radical (unpaired) electrons. The van der Waals surface area contributed by atoms with Crippen molar-refractivity contribution in [2.75, 3.05) is 19.7 Å². The van der Waals surface area contributed by atoms with Gasteiger partial charge in [0.05, 0.1) is 18.2 Å². The van der Waals surface area contributed by atoms with Crippen molar-refractivity contribution in [1.29, 1.82) is 0 Å². The molecule has 1 saturated heterocycles. The van der Waals surface area contributed by atoms with Gasteiger partial charge in [0, 0.05) is 31.5 Å². The topological polar surface area (TPSA) is 61.8 Å². The van der Waals surface area contributed by atoms with E-state index in [-0.39, 0.29) is 29.7 Å². The van der Waals surface area contributed by atoms with E-state index in [1.165, 1.54) is 0 Å². The Morgan fingerprint density at radius 1 is 1.38 bits per heavy atom. The molecular formula is C19H28N2O3. The van der Waals surface area contributed by atoms with Crippen LogP contribution in [0.25, 0.3) is 0 Å². The summed E-state index contributed by atoms with van der Waals surface area (Å²) in [7, 11) is 0. The number of aliphatic hydroxyl groups is 1. The molecule has 1 aromatic carbocycles. The SMILES string of the molecule is CCO[C@H]1C[C@H](O)C12CCN(C(=O)N[C@H](C)c1ccccc1)CC2. The van der Waals surface area contributed by atoms with E-state index in [1.54, 1.807) is 0 Å². The van der Waals surface area contributed by atoms with Gasteiger partial charge >= 0.3 is 6.03 Å². The monoisotopic (exact) mass is 332 g/mol. The van der Waals surface area contributed by atoms with Gasteiger partial charge in [0.1, 0.15) is 0 Å². The van der Waals surface area contributed by atoms with Crippen molar-refractivity contribution in [1.82, 2.24) is 10.2 Å². The minimum absolute atomic E-state index is 0.0138. The lowest BCUT2D eigenvalue weighted by atomic mass is 9.58. The number of hydrogen-bond acceptors (Lipinski definition) is 3. The summed E-state index contributed by atoms with van der Waals surface area (Å²) in [5.41, 5.74) is 0.961. The number of carbonyl (C=O) groups excluding carboxylic acids is 1. The number of hydrogen-bond donors (Lipinski definition) is 2. The third kappa shape index (κ3) is 3.15. The number of carbonyl (C=O) groups is 1. The molecule has 0 bridgehead atoms. The van der Waals surface area contributed by atoms with Crippen molar-refractivity contribution in [3.05, 3.63) is 35.9 Å². The summed E-state index contributed by atoms with van der Waals surface area (Å²) in [6.45, 7) is 6.02. The van der Waals surface area contributed by atoms with Gasteiger partial charge in [-0.1, -0.05) is 30.3 Å². The molecule has 2 aliphatic rings. The van der Waals surface area contributed by atoms with Gasteiger partial charge in [0.2, 0.25) is 0 Å². The summed E-state index contributed by atoms with van der Waals surface area (Å²) in [5.74, 6) is 0. The number of likely N-dealkylation sites (tertiary alicyclic amines) is 1. The summed E-state index contributed by atoms with van der Waals surface area (Å²) in [4.78, 5) is 14.4. The van der Waals surface area contributed by atoms with Crippen molar-refractivity contribution in [2.24, 2.45) is 5.41 Å². The molecule has 1 aromatic rings. The molecule has 1 spiro atoms. The molecule has 132 valence electrons. The molecule has 1 aliphatic carbocycles. The van der Waals surface area contributed by atoms with Crippen LogP contribution in [-0.4, -0.2) is 47.9 Å². The zero-order valence-corrected chi connectivity index (χ0v) is 14.6. The number of piperidine rings is 1. The second kappa shape index (κ2) is 7.11. The highest BCUT2D eigenvalue weighted by Gasteiger charge is 2.56. The fraction of sp³-hybridized carbons (Fsp3) is 0.632. The highest BCUT2D eigenvalue weighted by atomic mass is 16.5. The molecule has 0 aromatic heterocycles. The minimum atomic E-state index is -0.289. The Kier molecular flexibility index (Phi) is 5.11. The van der Waals surface area contributed by atoms with Crippen LogP contribution in [0.4, 0.5) is 4.79 Å². The van der Waals surface area contributed by atoms with Crippen molar-refractivity contribution in [3.8, 4) is 0 Å². The molecule has 2 fully saturated rings. The number of ether oxygens (including phenoxy) is 1. The first-order chi connectivity index (χ1) is 11.6. The molecule has 3 rings (SSSR count). The quantitative estimate of drug-likeness (QED) is 0.891. The van der Waals surface area contributed by atoms with Crippen LogP contribution in [0.2, 0.25) is 0 Å². The van der Waals surface area contributed by atoms with Gasteiger partial charge in [0.15, 0.2) is 0 Å². The Hall–Kier alpha value is -1.59. The van der Waals surface area contributed by atoms with Gasteiger partial charge in [-0.3, -0.25) is 0 Å². The van der Waals surface area contributed by atoms with E-state index in [4.69, 9.17) is 4.74 Å². The van der Waals surface area contributed by atoms with E-state index >= 15 is 0 Å². The molecule has 3 atom stereocenters. The van der Waals surface area contributed by atoms with Gasteiger partial charge in [0.25, 0.3) is 0 Å². The highest BCUT2D eigenvalue weighted by Crippen LogP contribution is 2.50. The van der Waals surface area contributed by atoms with Gasteiger partial charge in [-0.05, 0) is 32.3 Å². The van der Waals surface area contributed by atoms with Crippen molar-refractivity contribution >= 4 is 6.03 Å². The minimum Gasteiger partial charge on any atom is -0.392 e. The van der Waals surface area contributed by atoms with Crippen LogP contribution in [0.1, 0.15) is 44.7 Å². The number of nitrogens with zero attached hydrogens (tertiary/aromatic N) is 1. The molecule has 2 N–H and O–H groups in total. The van der Waals surface area contributed by atoms with Crippen LogP contribution in [0, 0.1) is 5.41 Å². The molecule has 1 heterocycles. The maximum atomic E-state index is 12.5. The van der Waals surface area contributed by atoms with Gasteiger partial charge in [-0.15, -0.1) is 0 Å². The zero-order chi connectivity index (χ0) is 17.2. The summed E-state index contributed by atoms with van der Waals surface area (Å²) in [6.07, 6.45) is 2.21. The fourth-order valence-corrected chi connectivity index (χ4v) is 4.04. The predicted molar refractivity (Wildman–Crippen MR) is 92.7 cm³/mol. The molecular weight excluding hydrogens is 304 g/mol. The number of urea groups is 1. The zero-order valence-electron chi connectivity index (χ0n) is 14.6. The average Bonchev–Trinajstić information content (AvgIpc) is 2.62. The molecule has 5 nitrogen and oxygen atoms in total. The van der Waals surface area contributed by atoms with Crippen molar-refractivity contribution in [2.45, 2.75) is 51.4 Å². The largest absolute Gasteiger partial charge is 0.392 e. The Labute approximate surface area is 144 Å². The molecule has 0 unspecified atom stereocenters. The van der Waals surface area contributed by atoms with E-state index < -0.39 is 0 Å². The van der Waals surface area contributed by atoms with E-state index in [0.29, 0.717) is 19.7 Å². The number of rotatable bonds is 4. The normalized spacial score (nSPS) is 26.7. The number of nitrogens with one attached hydrogen (secondary N) is 1. The van der Waals surface area contributed by atoms with Gasteiger partial charge < -0.3 is 20.1 Å². The fourth-order valence-electron chi connectivity index (χ4n) is 4.04. The Balaban J connectivity index is 1.54. The molecule has 1 saturated carbocycles. The smallest absolute Gasteiger partial charge is 0.317 e. The Bertz CT molecular complexity index is 553. The first kappa shape index (κ1) is 17.2. The third-order valence-electron chi connectivity index (χ3n) is 5.73. The Morgan fingerprint density at radius 3 is 2.62 bits per heavy atom. The molecule has 1 aliphatic heterocycles. The van der Waals surface area contributed by atoms with E-state index in [1.807, 2.05) is 49.1 Å². The maximum absolute atomic E-state index is 12.5. The van der Waals surface area contributed by atoms with Crippen LogP contribution in [0.3, 0.4) is 0 Å². The van der Waals surface area contributed by atoms with Crippen LogP contribution >= 0.6 is 0 Å². The number of benzene rings is 1. The average molecular weight is 332 g/mol. The predicted octanol–water partition coefficient (Wildman–Crippen LogP) is 2.71. The first-order valence-corrected chi connectivity index (χ1v) is 8.97. The summed E-state index contributed by atoms with van der Waals surface area (Å²) in [5, 5.41) is 13.3.